The van der Waals surface area contributed by atoms with Crippen molar-refractivity contribution in [2.24, 2.45) is 7.05 Å². The lowest BCUT2D eigenvalue weighted by Gasteiger charge is -2.22. The molecule has 3 rings (SSSR count). The van der Waals surface area contributed by atoms with Crippen molar-refractivity contribution < 1.29 is 26.0 Å². The van der Waals surface area contributed by atoms with Crippen molar-refractivity contribution in [3.63, 3.8) is 0 Å². The number of methoxy groups -OCH3 is 1. The fourth-order valence-electron chi connectivity index (χ4n) is 3.56. The van der Waals surface area contributed by atoms with E-state index in [1.807, 2.05) is 0 Å². The molecule has 0 atom stereocenters. The van der Waals surface area contributed by atoms with Gasteiger partial charge in [-0.1, -0.05) is 0 Å². The zero-order chi connectivity index (χ0) is 22.3. The minimum atomic E-state index is -3.98. The summed E-state index contributed by atoms with van der Waals surface area (Å²) in [6.07, 6.45) is 0.315. The van der Waals surface area contributed by atoms with Gasteiger partial charge < -0.3 is 4.74 Å². The van der Waals surface area contributed by atoms with Crippen molar-refractivity contribution in [1.29, 1.82) is 0 Å². The van der Waals surface area contributed by atoms with E-state index in [2.05, 4.69) is 5.10 Å². The van der Waals surface area contributed by atoms with Crippen LogP contribution in [-0.2, 0) is 27.1 Å². The molecule has 1 aromatic heterocycles. The number of hydrogen-bond acceptors (Lipinski definition) is 6. The summed E-state index contributed by atoms with van der Waals surface area (Å²) >= 11 is 0. The van der Waals surface area contributed by atoms with Crippen LogP contribution in [0.1, 0.15) is 17.8 Å². The fourth-order valence-corrected chi connectivity index (χ4v) is 6.92. The van der Waals surface area contributed by atoms with Crippen molar-refractivity contribution in [3.05, 3.63) is 35.4 Å². The number of nitrogens with zero attached hydrogens (tertiary/aromatic N) is 4. The predicted molar refractivity (Wildman–Crippen MR) is 108 cm³/mol. The highest BCUT2D eigenvalue weighted by molar-refractivity contribution is 7.89. The van der Waals surface area contributed by atoms with E-state index >= 15 is 0 Å². The molecule has 0 radical (unpaired) electrons. The molecule has 1 aromatic carbocycles. The van der Waals surface area contributed by atoms with Crippen molar-refractivity contribution in [1.82, 2.24) is 18.4 Å². The minimum absolute atomic E-state index is 0.00598. The van der Waals surface area contributed by atoms with E-state index in [9.17, 15) is 21.2 Å². The van der Waals surface area contributed by atoms with Crippen LogP contribution in [0.3, 0.4) is 0 Å². The highest BCUT2D eigenvalue weighted by atomic mass is 32.2. The molecule has 1 aliphatic rings. The number of aromatic nitrogens is 2. The van der Waals surface area contributed by atoms with E-state index < -0.39 is 25.9 Å². The van der Waals surface area contributed by atoms with E-state index in [0.29, 0.717) is 17.8 Å². The quantitative estimate of drug-likeness (QED) is 0.666. The van der Waals surface area contributed by atoms with Crippen molar-refractivity contribution in [2.45, 2.75) is 30.1 Å². The maximum atomic E-state index is 14.0. The number of benzene rings is 1. The van der Waals surface area contributed by atoms with Gasteiger partial charge in [-0.25, -0.2) is 21.2 Å². The Kier molecular flexibility index (Phi) is 6.23. The molecule has 0 saturated carbocycles. The molecule has 0 amide bonds. The molecule has 0 aliphatic carbocycles. The van der Waals surface area contributed by atoms with Gasteiger partial charge in [0, 0.05) is 33.2 Å². The first-order chi connectivity index (χ1) is 14.0. The van der Waals surface area contributed by atoms with Crippen LogP contribution < -0.4 is 4.74 Å². The van der Waals surface area contributed by atoms with Gasteiger partial charge >= 0.3 is 0 Å². The lowest BCUT2D eigenvalue weighted by Crippen LogP contribution is -2.37. The Morgan fingerprint density at radius 2 is 1.60 bits per heavy atom. The normalized spacial score (nSPS) is 17.1. The Hall–Kier alpha value is -2.02. The molecule has 1 saturated heterocycles. The highest BCUT2D eigenvalue weighted by Crippen LogP contribution is 2.27. The van der Waals surface area contributed by atoms with Gasteiger partial charge in [0.1, 0.15) is 4.90 Å². The Labute approximate surface area is 176 Å². The molecule has 9 nitrogen and oxygen atoms in total. The largest absolute Gasteiger partial charge is 0.494 e. The summed E-state index contributed by atoms with van der Waals surface area (Å²) in [5, 5.41) is 4.17. The zero-order valence-electron chi connectivity index (χ0n) is 17.3. The number of hydrogen-bond donors (Lipinski definition) is 0. The van der Waals surface area contributed by atoms with Gasteiger partial charge in [-0.2, -0.15) is 13.7 Å². The number of ether oxygens (including phenoxy) is 1. The first-order valence-corrected chi connectivity index (χ1v) is 12.2. The van der Waals surface area contributed by atoms with Crippen LogP contribution in [0.5, 0.6) is 5.75 Å². The predicted octanol–water partition coefficient (Wildman–Crippen LogP) is 1.27. The molecule has 0 spiro atoms. The maximum absolute atomic E-state index is 14.0. The summed E-state index contributed by atoms with van der Waals surface area (Å²) in [4.78, 5) is -0.0467. The van der Waals surface area contributed by atoms with E-state index in [-0.39, 0.29) is 41.7 Å². The van der Waals surface area contributed by atoms with Gasteiger partial charge in [0.25, 0.3) is 0 Å². The summed E-state index contributed by atoms with van der Waals surface area (Å²) in [6.45, 7) is 3.58. The first-order valence-electron chi connectivity index (χ1n) is 9.34. The topological polar surface area (TPSA) is 102 Å². The van der Waals surface area contributed by atoms with Crippen LogP contribution in [0.15, 0.2) is 28.0 Å². The van der Waals surface area contributed by atoms with E-state index in [1.54, 1.807) is 20.9 Å². The smallest absolute Gasteiger partial charge is 0.246 e. The average molecular weight is 461 g/mol. The average Bonchev–Trinajstić information content (AvgIpc) is 2.86. The van der Waals surface area contributed by atoms with Gasteiger partial charge in [-0.3, -0.25) is 4.68 Å². The molecule has 1 fully saturated rings. The molecule has 2 aromatic rings. The fraction of sp³-hybridized carbons (Fsp3) is 0.500. The summed E-state index contributed by atoms with van der Waals surface area (Å²) < 4.78 is 75.1. The van der Waals surface area contributed by atoms with Crippen molar-refractivity contribution in [2.75, 3.05) is 33.3 Å². The Morgan fingerprint density at radius 3 is 2.10 bits per heavy atom. The highest BCUT2D eigenvalue weighted by Gasteiger charge is 2.34. The van der Waals surface area contributed by atoms with Crippen molar-refractivity contribution >= 4 is 20.0 Å². The van der Waals surface area contributed by atoms with E-state index in [1.165, 1.54) is 32.5 Å². The van der Waals surface area contributed by atoms with Crippen LogP contribution >= 0.6 is 0 Å². The van der Waals surface area contributed by atoms with Gasteiger partial charge in [0.2, 0.25) is 20.0 Å². The minimum Gasteiger partial charge on any atom is -0.494 e. The van der Waals surface area contributed by atoms with Gasteiger partial charge in [0.05, 0.1) is 23.4 Å². The Balaban J connectivity index is 1.85. The molecule has 12 heteroatoms. The van der Waals surface area contributed by atoms with Crippen LogP contribution in [0.4, 0.5) is 4.39 Å². The van der Waals surface area contributed by atoms with E-state index in [4.69, 9.17) is 4.74 Å². The summed E-state index contributed by atoms with van der Waals surface area (Å²) in [7, 11) is -4.84. The third kappa shape index (κ3) is 3.96. The third-order valence-corrected chi connectivity index (χ3v) is 9.26. The van der Waals surface area contributed by atoms with Crippen molar-refractivity contribution in [3.8, 4) is 5.75 Å². The van der Waals surface area contributed by atoms with Crippen LogP contribution in [-0.4, -0.2) is 68.5 Å². The van der Waals surface area contributed by atoms with Crippen LogP contribution in [0.2, 0.25) is 0 Å². The third-order valence-electron chi connectivity index (χ3n) is 5.22. The summed E-state index contributed by atoms with van der Waals surface area (Å²) in [5.74, 6) is -0.829. The Bertz CT molecular complexity index is 1160. The molecular weight excluding hydrogens is 435 g/mol. The van der Waals surface area contributed by atoms with Crippen LogP contribution in [0, 0.1) is 19.7 Å². The van der Waals surface area contributed by atoms with Gasteiger partial charge in [-0.05, 0) is 38.5 Å². The molecule has 30 heavy (non-hydrogen) atoms. The first kappa shape index (κ1) is 22.7. The molecule has 1 aliphatic heterocycles. The number of halogens is 1. The molecule has 0 N–H and O–H groups in total. The number of sulfonamides is 2. The number of aryl methyl sites for hydroxylation is 2. The Morgan fingerprint density at radius 1 is 1.00 bits per heavy atom. The second-order valence-electron chi connectivity index (χ2n) is 7.08. The van der Waals surface area contributed by atoms with Gasteiger partial charge in [-0.15, -0.1) is 0 Å². The molecule has 166 valence electrons. The SMILES string of the molecule is COc1ccc(S(=O)(=O)N2CCCN(S(=O)(=O)c3c(C)nn(C)c3C)CC2)cc1F. The summed E-state index contributed by atoms with van der Waals surface area (Å²) in [6, 6.07) is 3.44. The summed E-state index contributed by atoms with van der Waals surface area (Å²) in [5.41, 5.74) is 0.923. The standard InChI is InChI=1S/C18H25FN4O5S2/c1-13-18(14(2)21(3)20-13)30(26,27)23-9-5-8-22(10-11-23)29(24,25)15-6-7-17(28-4)16(19)12-15/h6-7,12H,5,8-11H2,1-4H3. The number of rotatable bonds is 5. The second kappa shape index (κ2) is 8.25. The van der Waals surface area contributed by atoms with E-state index in [0.717, 1.165) is 6.07 Å². The zero-order valence-corrected chi connectivity index (χ0v) is 18.9. The lowest BCUT2D eigenvalue weighted by molar-refractivity contribution is 0.384. The molecule has 2 heterocycles. The molecular formula is C18H25FN4O5S2. The maximum Gasteiger partial charge on any atom is 0.246 e. The molecule has 0 bridgehead atoms. The van der Waals surface area contributed by atoms with Gasteiger partial charge in [0.15, 0.2) is 11.6 Å². The molecule has 0 unspecified atom stereocenters. The monoisotopic (exact) mass is 460 g/mol. The lowest BCUT2D eigenvalue weighted by atomic mass is 10.3. The van der Waals surface area contributed by atoms with Crippen LogP contribution in [0.25, 0.3) is 0 Å². The second-order valence-corrected chi connectivity index (χ2v) is 10.9.